The van der Waals surface area contributed by atoms with Gasteiger partial charge in [-0.25, -0.2) is 0 Å². The summed E-state index contributed by atoms with van der Waals surface area (Å²) < 4.78 is 0. The van der Waals surface area contributed by atoms with Crippen molar-refractivity contribution in [3.8, 4) is 0 Å². The summed E-state index contributed by atoms with van der Waals surface area (Å²) in [6.45, 7) is 5.17. The second-order valence-electron chi connectivity index (χ2n) is 6.70. The van der Waals surface area contributed by atoms with Gasteiger partial charge in [0.2, 0.25) is 0 Å². The Kier molecular flexibility index (Phi) is 4.41. The maximum absolute atomic E-state index is 10.9. The fraction of sp³-hybridized carbons (Fsp3) is 0.611. The molecule has 0 amide bonds. The van der Waals surface area contributed by atoms with Crippen LogP contribution in [0.2, 0.25) is 0 Å². The fourth-order valence-electron chi connectivity index (χ4n) is 3.49. The Labute approximate surface area is 127 Å². The monoisotopic (exact) mass is 286 g/mol. The SMILES string of the molecule is Cc1ccc(C2(O)CCN(C[C@H]3CC=CCC3)CC2)nc1. The van der Waals surface area contributed by atoms with Gasteiger partial charge in [-0.3, -0.25) is 4.98 Å². The molecule has 0 radical (unpaired) electrons. The average molecular weight is 286 g/mol. The molecule has 1 fully saturated rings. The van der Waals surface area contributed by atoms with E-state index in [0.717, 1.165) is 43.1 Å². The van der Waals surface area contributed by atoms with Crippen molar-refractivity contribution in [1.29, 1.82) is 0 Å². The molecule has 1 N–H and O–H groups in total. The molecule has 114 valence electrons. The van der Waals surface area contributed by atoms with E-state index in [0.29, 0.717) is 0 Å². The van der Waals surface area contributed by atoms with Crippen LogP contribution >= 0.6 is 0 Å². The Morgan fingerprint density at radius 2 is 2.10 bits per heavy atom. The number of piperidine rings is 1. The van der Waals surface area contributed by atoms with Crippen molar-refractivity contribution >= 4 is 0 Å². The number of aryl methyl sites for hydroxylation is 1. The van der Waals surface area contributed by atoms with Gasteiger partial charge in [-0.1, -0.05) is 18.2 Å². The van der Waals surface area contributed by atoms with Gasteiger partial charge in [0.15, 0.2) is 0 Å². The van der Waals surface area contributed by atoms with Crippen LogP contribution in [0.15, 0.2) is 30.5 Å². The van der Waals surface area contributed by atoms with Gasteiger partial charge in [0.25, 0.3) is 0 Å². The number of aliphatic hydroxyl groups is 1. The van der Waals surface area contributed by atoms with Crippen LogP contribution in [0.1, 0.15) is 43.4 Å². The first kappa shape index (κ1) is 14.7. The number of likely N-dealkylation sites (tertiary alicyclic amines) is 1. The van der Waals surface area contributed by atoms with Crippen molar-refractivity contribution in [3.63, 3.8) is 0 Å². The van der Waals surface area contributed by atoms with Gasteiger partial charge in [-0.2, -0.15) is 0 Å². The number of nitrogens with zero attached hydrogens (tertiary/aromatic N) is 2. The summed E-state index contributed by atoms with van der Waals surface area (Å²) in [7, 11) is 0. The summed E-state index contributed by atoms with van der Waals surface area (Å²) >= 11 is 0. The van der Waals surface area contributed by atoms with Gasteiger partial charge in [0, 0.05) is 25.8 Å². The van der Waals surface area contributed by atoms with Crippen LogP contribution in [-0.2, 0) is 5.60 Å². The van der Waals surface area contributed by atoms with Crippen LogP contribution < -0.4 is 0 Å². The number of aromatic nitrogens is 1. The fourth-order valence-corrected chi connectivity index (χ4v) is 3.49. The molecule has 0 unspecified atom stereocenters. The quantitative estimate of drug-likeness (QED) is 0.868. The first-order chi connectivity index (χ1) is 10.2. The zero-order valence-electron chi connectivity index (χ0n) is 13.0. The first-order valence-corrected chi connectivity index (χ1v) is 8.19. The van der Waals surface area contributed by atoms with Crippen molar-refractivity contribution < 1.29 is 5.11 Å². The molecule has 0 bridgehead atoms. The smallest absolute Gasteiger partial charge is 0.109 e. The molecular weight excluding hydrogens is 260 g/mol. The second-order valence-corrected chi connectivity index (χ2v) is 6.70. The molecule has 1 atom stereocenters. The normalized spacial score (nSPS) is 25.9. The molecule has 2 aliphatic rings. The van der Waals surface area contributed by atoms with E-state index in [1.54, 1.807) is 0 Å². The van der Waals surface area contributed by atoms with Crippen molar-refractivity contribution in [1.82, 2.24) is 9.88 Å². The molecule has 1 aromatic rings. The van der Waals surface area contributed by atoms with Gasteiger partial charge in [0.1, 0.15) is 5.60 Å². The molecule has 3 heteroatoms. The minimum absolute atomic E-state index is 0.726. The summed E-state index contributed by atoms with van der Waals surface area (Å²) in [4.78, 5) is 6.96. The van der Waals surface area contributed by atoms with E-state index in [4.69, 9.17) is 0 Å². The van der Waals surface area contributed by atoms with E-state index in [1.165, 1.54) is 25.8 Å². The van der Waals surface area contributed by atoms with E-state index in [9.17, 15) is 5.11 Å². The maximum atomic E-state index is 10.9. The molecule has 3 rings (SSSR count). The Bertz CT molecular complexity index is 486. The van der Waals surface area contributed by atoms with Crippen LogP contribution in [0.5, 0.6) is 0 Å². The lowest BCUT2D eigenvalue weighted by molar-refractivity contribution is -0.0323. The van der Waals surface area contributed by atoms with Crippen molar-refractivity contribution in [2.45, 2.75) is 44.6 Å². The third-order valence-corrected chi connectivity index (χ3v) is 4.97. The minimum Gasteiger partial charge on any atom is -0.383 e. The summed E-state index contributed by atoms with van der Waals surface area (Å²) in [5.41, 5.74) is 1.26. The highest BCUT2D eigenvalue weighted by Crippen LogP contribution is 2.32. The average Bonchev–Trinajstić information content (AvgIpc) is 2.51. The van der Waals surface area contributed by atoms with E-state index in [1.807, 2.05) is 25.3 Å². The Hall–Kier alpha value is -1.19. The van der Waals surface area contributed by atoms with Crippen LogP contribution in [0.25, 0.3) is 0 Å². The number of hydrogen-bond donors (Lipinski definition) is 1. The molecule has 0 saturated carbocycles. The summed E-state index contributed by atoms with van der Waals surface area (Å²) in [5, 5.41) is 10.9. The minimum atomic E-state index is -0.726. The van der Waals surface area contributed by atoms with Gasteiger partial charge in [-0.15, -0.1) is 0 Å². The number of allylic oxidation sites excluding steroid dienone is 2. The molecule has 2 heterocycles. The summed E-state index contributed by atoms with van der Waals surface area (Å²) in [6.07, 6.45) is 11.8. The van der Waals surface area contributed by atoms with E-state index in [-0.39, 0.29) is 0 Å². The molecule has 1 saturated heterocycles. The van der Waals surface area contributed by atoms with Gasteiger partial charge >= 0.3 is 0 Å². The van der Waals surface area contributed by atoms with Crippen LogP contribution in [0, 0.1) is 12.8 Å². The lowest BCUT2D eigenvalue weighted by Gasteiger charge is -2.39. The van der Waals surface area contributed by atoms with Gasteiger partial charge in [0.05, 0.1) is 5.69 Å². The third kappa shape index (κ3) is 3.53. The molecule has 0 aromatic carbocycles. The van der Waals surface area contributed by atoms with E-state index < -0.39 is 5.60 Å². The molecule has 1 aromatic heterocycles. The van der Waals surface area contributed by atoms with Crippen LogP contribution in [0.4, 0.5) is 0 Å². The van der Waals surface area contributed by atoms with Gasteiger partial charge < -0.3 is 10.0 Å². The predicted octanol–water partition coefficient (Wildman–Crippen LogP) is 3.03. The van der Waals surface area contributed by atoms with E-state index >= 15 is 0 Å². The molecule has 1 aliphatic carbocycles. The maximum Gasteiger partial charge on any atom is 0.109 e. The largest absolute Gasteiger partial charge is 0.383 e. The second kappa shape index (κ2) is 6.29. The van der Waals surface area contributed by atoms with Crippen LogP contribution in [0.3, 0.4) is 0 Å². The highest BCUT2D eigenvalue weighted by atomic mass is 16.3. The predicted molar refractivity (Wildman–Crippen MR) is 85.0 cm³/mol. The first-order valence-electron chi connectivity index (χ1n) is 8.19. The Morgan fingerprint density at radius 1 is 1.29 bits per heavy atom. The number of rotatable bonds is 3. The molecule has 0 spiro atoms. The Balaban J connectivity index is 1.56. The highest BCUT2D eigenvalue weighted by Gasteiger charge is 2.35. The number of pyridine rings is 1. The van der Waals surface area contributed by atoms with Crippen molar-refractivity contribution in [3.05, 3.63) is 41.7 Å². The zero-order valence-corrected chi connectivity index (χ0v) is 13.0. The van der Waals surface area contributed by atoms with Crippen molar-refractivity contribution in [2.75, 3.05) is 19.6 Å². The topological polar surface area (TPSA) is 36.4 Å². The number of hydrogen-bond acceptors (Lipinski definition) is 3. The molecular formula is C18H26N2O. The Morgan fingerprint density at radius 3 is 2.71 bits per heavy atom. The van der Waals surface area contributed by atoms with E-state index in [2.05, 4.69) is 22.0 Å². The molecule has 1 aliphatic heterocycles. The zero-order chi connectivity index (χ0) is 14.7. The standard InChI is InChI=1S/C18H26N2O/c1-15-7-8-17(19-13-15)18(21)9-11-20(12-10-18)14-16-5-3-2-4-6-16/h2-3,7-8,13,16,21H,4-6,9-12,14H2,1H3/t16-/m0/s1. The van der Waals surface area contributed by atoms with Gasteiger partial charge in [-0.05, 0) is 56.6 Å². The van der Waals surface area contributed by atoms with Crippen LogP contribution in [-0.4, -0.2) is 34.6 Å². The molecule has 21 heavy (non-hydrogen) atoms. The summed E-state index contributed by atoms with van der Waals surface area (Å²) in [5.74, 6) is 0.804. The third-order valence-electron chi connectivity index (χ3n) is 4.97. The lowest BCUT2D eigenvalue weighted by atomic mass is 9.86. The summed E-state index contributed by atoms with van der Waals surface area (Å²) in [6, 6.07) is 4.03. The van der Waals surface area contributed by atoms with Crippen molar-refractivity contribution in [2.24, 2.45) is 5.92 Å². The molecule has 3 nitrogen and oxygen atoms in total. The lowest BCUT2D eigenvalue weighted by Crippen LogP contribution is -2.44. The highest BCUT2D eigenvalue weighted by molar-refractivity contribution is 5.18.